The standard InChI is InChI=1S/C16H23BrFN/c1-15(2,3)19-11-16(5-4-6-16)10-12-7-13(17)9-14(18)8-12/h7-9,19H,4-6,10-11H2,1-3H3. The molecule has 1 aromatic carbocycles. The van der Waals surface area contributed by atoms with Crippen molar-refractivity contribution in [1.29, 1.82) is 0 Å². The van der Waals surface area contributed by atoms with E-state index < -0.39 is 0 Å². The van der Waals surface area contributed by atoms with E-state index in [2.05, 4.69) is 42.0 Å². The number of rotatable bonds is 4. The summed E-state index contributed by atoms with van der Waals surface area (Å²) in [6, 6.07) is 5.23. The molecule has 1 N–H and O–H groups in total. The van der Waals surface area contributed by atoms with Gasteiger partial charge in [-0.25, -0.2) is 4.39 Å². The van der Waals surface area contributed by atoms with E-state index in [1.54, 1.807) is 6.07 Å². The van der Waals surface area contributed by atoms with Gasteiger partial charge in [-0.05, 0) is 69.2 Å². The van der Waals surface area contributed by atoms with Crippen LogP contribution in [0.5, 0.6) is 0 Å². The molecule has 1 saturated carbocycles. The predicted molar refractivity (Wildman–Crippen MR) is 81.8 cm³/mol. The van der Waals surface area contributed by atoms with Gasteiger partial charge in [0.25, 0.3) is 0 Å². The van der Waals surface area contributed by atoms with Crippen molar-refractivity contribution < 1.29 is 4.39 Å². The number of hydrogen-bond donors (Lipinski definition) is 1. The fourth-order valence-electron chi connectivity index (χ4n) is 2.69. The average molecular weight is 328 g/mol. The lowest BCUT2D eigenvalue weighted by Gasteiger charge is -2.44. The number of benzene rings is 1. The van der Waals surface area contributed by atoms with Crippen molar-refractivity contribution in [2.24, 2.45) is 5.41 Å². The van der Waals surface area contributed by atoms with Gasteiger partial charge in [0.15, 0.2) is 0 Å². The van der Waals surface area contributed by atoms with Crippen molar-refractivity contribution in [3.63, 3.8) is 0 Å². The van der Waals surface area contributed by atoms with Crippen molar-refractivity contribution in [1.82, 2.24) is 5.32 Å². The zero-order valence-electron chi connectivity index (χ0n) is 12.0. The smallest absolute Gasteiger partial charge is 0.124 e. The van der Waals surface area contributed by atoms with E-state index in [0.29, 0.717) is 5.41 Å². The van der Waals surface area contributed by atoms with Gasteiger partial charge in [-0.2, -0.15) is 0 Å². The second-order valence-electron chi connectivity index (χ2n) is 6.91. The van der Waals surface area contributed by atoms with Gasteiger partial charge in [-0.3, -0.25) is 0 Å². The average Bonchev–Trinajstić information content (AvgIpc) is 2.19. The lowest BCUT2D eigenvalue weighted by atomic mass is 9.65. The molecule has 0 spiro atoms. The third kappa shape index (κ3) is 4.28. The number of hydrogen-bond acceptors (Lipinski definition) is 1. The second-order valence-corrected chi connectivity index (χ2v) is 7.83. The van der Waals surface area contributed by atoms with E-state index in [1.165, 1.54) is 25.3 Å². The Hall–Kier alpha value is -0.410. The molecular formula is C16H23BrFN. The van der Waals surface area contributed by atoms with Gasteiger partial charge < -0.3 is 5.32 Å². The lowest BCUT2D eigenvalue weighted by molar-refractivity contribution is 0.118. The Balaban J connectivity index is 2.05. The Morgan fingerprint density at radius 3 is 2.42 bits per heavy atom. The minimum atomic E-state index is -0.150. The van der Waals surface area contributed by atoms with Gasteiger partial charge in [-0.1, -0.05) is 22.4 Å². The van der Waals surface area contributed by atoms with Gasteiger partial charge in [0.2, 0.25) is 0 Å². The predicted octanol–water partition coefficient (Wildman–Crippen LogP) is 4.69. The van der Waals surface area contributed by atoms with Crippen LogP contribution in [0.3, 0.4) is 0 Å². The maximum atomic E-state index is 13.5. The fraction of sp³-hybridized carbons (Fsp3) is 0.625. The summed E-state index contributed by atoms with van der Waals surface area (Å²) in [5, 5.41) is 3.61. The van der Waals surface area contributed by atoms with Crippen molar-refractivity contribution in [3.8, 4) is 0 Å². The molecule has 2 rings (SSSR count). The minimum Gasteiger partial charge on any atom is -0.312 e. The first-order chi connectivity index (χ1) is 8.78. The van der Waals surface area contributed by atoms with Gasteiger partial charge in [0.05, 0.1) is 0 Å². The first kappa shape index (κ1) is 15.0. The van der Waals surface area contributed by atoms with E-state index in [-0.39, 0.29) is 11.4 Å². The molecule has 0 aliphatic heterocycles. The van der Waals surface area contributed by atoms with E-state index in [9.17, 15) is 4.39 Å². The highest BCUT2D eigenvalue weighted by Gasteiger charge is 2.37. The van der Waals surface area contributed by atoms with Crippen LogP contribution in [0.4, 0.5) is 4.39 Å². The number of halogens is 2. The molecule has 1 fully saturated rings. The van der Waals surface area contributed by atoms with E-state index in [1.807, 2.05) is 6.07 Å². The summed E-state index contributed by atoms with van der Waals surface area (Å²) in [7, 11) is 0. The van der Waals surface area contributed by atoms with Crippen LogP contribution in [0.2, 0.25) is 0 Å². The molecular weight excluding hydrogens is 305 g/mol. The highest BCUT2D eigenvalue weighted by Crippen LogP contribution is 2.43. The molecule has 0 amide bonds. The Kier molecular flexibility index (Phi) is 4.36. The van der Waals surface area contributed by atoms with Crippen molar-refractivity contribution >= 4 is 15.9 Å². The molecule has 1 aliphatic rings. The van der Waals surface area contributed by atoms with Crippen LogP contribution in [0.25, 0.3) is 0 Å². The first-order valence-corrected chi connectivity index (χ1v) is 7.77. The molecule has 1 nitrogen and oxygen atoms in total. The van der Waals surface area contributed by atoms with Crippen molar-refractivity contribution in [2.75, 3.05) is 6.54 Å². The maximum absolute atomic E-state index is 13.5. The van der Waals surface area contributed by atoms with E-state index in [4.69, 9.17) is 0 Å². The molecule has 0 unspecified atom stereocenters. The summed E-state index contributed by atoms with van der Waals surface area (Å²) in [4.78, 5) is 0. The van der Waals surface area contributed by atoms with Gasteiger partial charge in [-0.15, -0.1) is 0 Å². The summed E-state index contributed by atoms with van der Waals surface area (Å²) >= 11 is 3.38. The molecule has 0 saturated heterocycles. The molecule has 3 heteroatoms. The summed E-state index contributed by atoms with van der Waals surface area (Å²) < 4.78 is 14.3. The summed E-state index contributed by atoms with van der Waals surface area (Å²) in [5.41, 5.74) is 1.56. The van der Waals surface area contributed by atoms with E-state index >= 15 is 0 Å². The van der Waals surface area contributed by atoms with Crippen LogP contribution >= 0.6 is 15.9 Å². The van der Waals surface area contributed by atoms with Crippen LogP contribution in [-0.4, -0.2) is 12.1 Å². The zero-order chi connectivity index (χ0) is 14.1. The van der Waals surface area contributed by atoms with Crippen LogP contribution in [0.1, 0.15) is 45.6 Å². The zero-order valence-corrected chi connectivity index (χ0v) is 13.6. The molecule has 0 radical (unpaired) electrons. The van der Waals surface area contributed by atoms with Crippen molar-refractivity contribution in [3.05, 3.63) is 34.1 Å². The van der Waals surface area contributed by atoms with Crippen LogP contribution in [0.15, 0.2) is 22.7 Å². The monoisotopic (exact) mass is 327 g/mol. The Labute approximate surface area is 124 Å². The Bertz CT molecular complexity index is 426. The maximum Gasteiger partial charge on any atom is 0.124 e. The topological polar surface area (TPSA) is 12.0 Å². The van der Waals surface area contributed by atoms with Crippen molar-refractivity contribution in [2.45, 2.75) is 52.0 Å². The highest BCUT2D eigenvalue weighted by atomic mass is 79.9. The molecule has 0 atom stereocenters. The second kappa shape index (κ2) is 5.53. The molecule has 19 heavy (non-hydrogen) atoms. The highest BCUT2D eigenvalue weighted by molar-refractivity contribution is 9.10. The quantitative estimate of drug-likeness (QED) is 0.845. The molecule has 0 bridgehead atoms. The number of nitrogens with one attached hydrogen (secondary N) is 1. The Morgan fingerprint density at radius 2 is 1.95 bits per heavy atom. The largest absolute Gasteiger partial charge is 0.312 e. The molecule has 1 aliphatic carbocycles. The van der Waals surface area contributed by atoms with Crippen LogP contribution in [0, 0.1) is 11.2 Å². The van der Waals surface area contributed by atoms with Gasteiger partial charge in [0.1, 0.15) is 5.82 Å². The molecule has 0 heterocycles. The fourth-order valence-corrected chi connectivity index (χ4v) is 3.20. The molecule has 1 aromatic rings. The third-order valence-electron chi connectivity index (χ3n) is 3.91. The normalized spacial score (nSPS) is 18.2. The van der Waals surface area contributed by atoms with Gasteiger partial charge >= 0.3 is 0 Å². The summed E-state index contributed by atoms with van der Waals surface area (Å²) in [5.74, 6) is -0.150. The first-order valence-electron chi connectivity index (χ1n) is 6.98. The molecule has 106 valence electrons. The molecule has 0 aromatic heterocycles. The van der Waals surface area contributed by atoms with Gasteiger partial charge in [0, 0.05) is 16.6 Å². The SMILES string of the molecule is CC(C)(C)NCC1(Cc2cc(F)cc(Br)c2)CCC1. The van der Waals surface area contributed by atoms with E-state index in [0.717, 1.165) is 23.0 Å². The minimum absolute atomic E-state index is 0.144. The summed E-state index contributed by atoms with van der Waals surface area (Å²) in [6.45, 7) is 7.60. The Morgan fingerprint density at radius 1 is 1.26 bits per heavy atom. The van der Waals surface area contributed by atoms with Crippen LogP contribution in [-0.2, 0) is 6.42 Å². The van der Waals surface area contributed by atoms with Crippen LogP contribution < -0.4 is 5.32 Å². The summed E-state index contributed by atoms with van der Waals surface area (Å²) in [6.07, 6.45) is 4.74. The third-order valence-corrected chi connectivity index (χ3v) is 4.37. The lowest BCUT2D eigenvalue weighted by Crippen LogP contribution is -2.47.